The van der Waals surface area contributed by atoms with E-state index in [1.54, 1.807) is 11.8 Å². The zero-order valence-electron chi connectivity index (χ0n) is 13.3. The summed E-state index contributed by atoms with van der Waals surface area (Å²) in [5.74, 6) is 1.99. The molecule has 1 N–H and O–H groups in total. The van der Waals surface area contributed by atoms with Crippen LogP contribution in [0.5, 0.6) is 0 Å². The number of carbonyl (C=O) groups is 1. The number of hydrogen-bond donors (Lipinski definition) is 1. The van der Waals surface area contributed by atoms with Gasteiger partial charge in [0.2, 0.25) is 5.91 Å². The van der Waals surface area contributed by atoms with Gasteiger partial charge in [0.05, 0.1) is 0 Å². The molecule has 1 amide bonds. The Balaban J connectivity index is 0.00000242. The van der Waals surface area contributed by atoms with Crippen molar-refractivity contribution in [1.29, 1.82) is 0 Å². The van der Waals surface area contributed by atoms with Crippen molar-refractivity contribution in [2.24, 2.45) is 5.92 Å². The monoisotopic (exact) mass is 342 g/mol. The number of nitrogens with zero attached hydrogens (tertiary/aromatic N) is 1. The van der Waals surface area contributed by atoms with Crippen molar-refractivity contribution >= 4 is 30.1 Å². The molecule has 1 aromatic carbocycles. The number of benzene rings is 1. The summed E-state index contributed by atoms with van der Waals surface area (Å²) in [5.41, 5.74) is 0. The third kappa shape index (κ3) is 6.59. The summed E-state index contributed by atoms with van der Waals surface area (Å²) >= 11 is 1.77. The first-order chi connectivity index (χ1) is 10.3. The Morgan fingerprint density at radius 2 is 1.95 bits per heavy atom. The van der Waals surface area contributed by atoms with Gasteiger partial charge in [-0.15, -0.1) is 24.2 Å². The Hall–Kier alpha value is -0.710. The Labute approximate surface area is 144 Å². The van der Waals surface area contributed by atoms with E-state index in [0.29, 0.717) is 12.3 Å². The van der Waals surface area contributed by atoms with Crippen molar-refractivity contribution in [3.8, 4) is 0 Å². The molecule has 0 aromatic heterocycles. The van der Waals surface area contributed by atoms with Gasteiger partial charge in [0.25, 0.3) is 0 Å². The summed E-state index contributed by atoms with van der Waals surface area (Å²) in [6, 6.07) is 10.3. The minimum atomic E-state index is 0. The molecule has 0 radical (unpaired) electrons. The van der Waals surface area contributed by atoms with Crippen molar-refractivity contribution < 1.29 is 4.79 Å². The lowest BCUT2D eigenvalue weighted by Gasteiger charge is -2.32. The molecule has 124 valence electrons. The number of rotatable bonds is 7. The van der Waals surface area contributed by atoms with Crippen LogP contribution in [0.25, 0.3) is 0 Å². The summed E-state index contributed by atoms with van der Waals surface area (Å²) in [6.07, 6.45) is 4.22. The van der Waals surface area contributed by atoms with Crippen LogP contribution in [0.3, 0.4) is 0 Å². The summed E-state index contributed by atoms with van der Waals surface area (Å²) in [7, 11) is 2.00. The SMILES string of the molecule is CNCCC1CCN(C(=O)CCSc2ccccc2)CC1.Cl. The van der Waals surface area contributed by atoms with Crippen LogP contribution in [0.4, 0.5) is 0 Å². The maximum Gasteiger partial charge on any atom is 0.223 e. The minimum Gasteiger partial charge on any atom is -0.343 e. The topological polar surface area (TPSA) is 32.3 Å². The first-order valence-corrected chi connectivity index (χ1v) is 8.88. The highest BCUT2D eigenvalue weighted by molar-refractivity contribution is 7.99. The predicted octanol–water partition coefficient (Wildman–Crippen LogP) is 3.44. The second kappa shape index (κ2) is 10.9. The van der Waals surface area contributed by atoms with E-state index in [9.17, 15) is 4.79 Å². The van der Waals surface area contributed by atoms with Crippen LogP contribution >= 0.6 is 24.2 Å². The van der Waals surface area contributed by atoms with E-state index in [-0.39, 0.29) is 12.4 Å². The second-order valence-corrected chi connectivity index (χ2v) is 6.80. The number of hydrogen-bond acceptors (Lipinski definition) is 3. The van der Waals surface area contributed by atoms with Gasteiger partial charge in [-0.25, -0.2) is 0 Å². The fourth-order valence-corrected chi connectivity index (χ4v) is 3.61. The van der Waals surface area contributed by atoms with Gasteiger partial charge in [-0.3, -0.25) is 4.79 Å². The normalized spacial score (nSPS) is 15.4. The van der Waals surface area contributed by atoms with Gasteiger partial charge in [0, 0.05) is 30.2 Å². The highest BCUT2D eigenvalue weighted by atomic mass is 35.5. The smallest absolute Gasteiger partial charge is 0.223 e. The summed E-state index contributed by atoms with van der Waals surface area (Å²) in [4.78, 5) is 15.5. The van der Waals surface area contributed by atoms with Gasteiger partial charge >= 0.3 is 0 Å². The van der Waals surface area contributed by atoms with E-state index in [1.807, 2.05) is 25.2 Å². The van der Waals surface area contributed by atoms with Crippen molar-refractivity contribution in [3.63, 3.8) is 0 Å². The molecular weight excluding hydrogens is 316 g/mol. The van der Waals surface area contributed by atoms with Crippen LogP contribution in [0.1, 0.15) is 25.7 Å². The van der Waals surface area contributed by atoms with E-state index >= 15 is 0 Å². The first-order valence-electron chi connectivity index (χ1n) is 7.90. The molecular formula is C17H27ClN2OS. The summed E-state index contributed by atoms with van der Waals surface area (Å²) in [6.45, 7) is 2.98. The predicted molar refractivity (Wildman–Crippen MR) is 96.9 cm³/mol. The van der Waals surface area contributed by atoms with E-state index in [1.165, 1.54) is 24.2 Å². The fourth-order valence-electron chi connectivity index (χ4n) is 2.75. The first kappa shape index (κ1) is 19.3. The average molecular weight is 343 g/mol. The lowest BCUT2D eigenvalue weighted by atomic mass is 9.93. The van der Waals surface area contributed by atoms with Crippen LogP contribution < -0.4 is 5.32 Å². The molecule has 0 atom stereocenters. The number of halogens is 1. The second-order valence-electron chi connectivity index (χ2n) is 5.63. The molecule has 0 spiro atoms. The molecule has 0 unspecified atom stereocenters. The van der Waals surface area contributed by atoms with Gasteiger partial charge < -0.3 is 10.2 Å². The van der Waals surface area contributed by atoms with Gasteiger partial charge in [-0.1, -0.05) is 18.2 Å². The van der Waals surface area contributed by atoms with E-state index in [4.69, 9.17) is 0 Å². The molecule has 22 heavy (non-hydrogen) atoms. The van der Waals surface area contributed by atoms with E-state index in [2.05, 4.69) is 22.3 Å². The van der Waals surface area contributed by atoms with Crippen LogP contribution in [0, 0.1) is 5.92 Å². The van der Waals surface area contributed by atoms with Gasteiger partial charge in [0.1, 0.15) is 0 Å². The number of piperidine rings is 1. The molecule has 5 heteroatoms. The van der Waals surface area contributed by atoms with Gasteiger partial charge in [-0.05, 0) is 50.9 Å². The number of amides is 1. The molecule has 1 aliphatic heterocycles. The molecule has 2 rings (SSSR count). The van der Waals surface area contributed by atoms with Crippen LogP contribution in [-0.4, -0.2) is 43.2 Å². The standard InChI is InChI=1S/C17H26N2OS.ClH/c1-18-11-7-15-8-12-19(13-9-15)17(20)10-14-21-16-5-3-2-4-6-16;/h2-6,15,18H,7-14H2,1H3;1H. The molecule has 0 saturated carbocycles. The largest absolute Gasteiger partial charge is 0.343 e. The molecule has 1 fully saturated rings. The molecule has 1 heterocycles. The fraction of sp³-hybridized carbons (Fsp3) is 0.588. The third-order valence-electron chi connectivity index (χ3n) is 4.10. The number of carbonyl (C=O) groups excluding carboxylic acids is 1. The third-order valence-corrected chi connectivity index (χ3v) is 5.11. The van der Waals surface area contributed by atoms with Crippen molar-refractivity contribution in [2.75, 3.05) is 32.4 Å². The van der Waals surface area contributed by atoms with E-state index in [0.717, 1.165) is 31.3 Å². The maximum atomic E-state index is 12.2. The molecule has 0 aliphatic carbocycles. The van der Waals surface area contributed by atoms with E-state index < -0.39 is 0 Å². The molecule has 0 bridgehead atoms. The molecule has 1 aliphatic rings. The number of nitrogens with one attached hydrogen (secondary N) is 1. The van der Waals surface area contributed by atoms with Crippen molar-refractivity contribution in [2.45, 2.75) is 30.6 Å². The highest BCUT2D eigenvalue weighted by Crippen LogP contribution is 2.22. The average Bonchev–Trinajstić information content (AvgIpc) is 2.54. The Bertz CT molecular complexity index is 422. The van der Waals surface area contributed by atoms with Crippen LogP contribution in [-0.2, 0) is 4.79 Å². The lowest BCUT2D eigenvalue weighted by Crippen LogP contribution is -2.39. The zero-order valence-corrected chi connectivity index (χ0v) is 14.9. The van der Waals surface area contributed by atoms with Crippen molar-refractivity contribution in [3.05, 3.63) is 30.3 Å². The van der Waals surface area contributed by atoms with Crippen LogP contribution in [0.2, 0.25) is 0 Å². The number of thioether (sulfide) groups is 1. The minimum absolute atomic E-state index is 0. The van der Waals surface area contributed by atoms with Gasteiger partial charge in [-0.2, -0.15) is 0 Å². The zero-order chi connectivity index (χ0) is 14.9. The summed E-state index contributed by atoms with van der Waals surface area (Å²) < 4.78 is 0. The highest BCUT2D eigenvalue weighted by Gasteiger charge is 2.21. The Morgan fingerprint density at radius 1 is 1.27 bits per heavy atom. The lowest BCUT2D eigenvalue weighted by molar-refractivity contribution is -0.132. The van der Waals surface area contributed by atoms with Gasteiger partial charge in [0.15, 0.2) is 0 Å². The molecule has 3 nitrogen and oxygen atoms in total. The van der Waals surface area contributed by atoms with Crippen LogP contribution in [0.15, 0.2) is 35.2 Å². The molecule has 1 aromatic rings. The maximum absolute atomic E-state index is 12.2. The molecule has 1 saturated heterocycles. The Morgan fingerprint density at radius 3 is 2.59 bits per heavy atom. The Kier molecular flexibility index (Phi) is 9.60. The quantitative estimate of drug-likeness (QED) is 0.770. The number of likely N-dealkylation sites (tertiary alicyclic amines) is 1. The summed E-state index contributed by atoms with van der Waals surface area (Å²) in [5, 5.41) is 3.21. The van der Waals surface area contributed by atoms with Crippen molar-refractivity contribution in [1.82, 2.24) is 10.2 Å².